The van der Waals surface area contributed by atoms with Gasteiger partial charge in [0.25, 0.3) is 0 Å². The Balaban J connectivity index is 4.05. The number of halogens is 1. The molecule has 0 fully saturated rings. The largest absolute Gasteiger partial charge is 0.478 e. The predicted molar refractivity (Wildman–Crippen MR) is 32.5 cm³/mol. The quantitative estimate of drug-likeness (QED) is 0.273. The number of carbonyl (C=O) groups is 2. The molecule has 4 heteroatoms. The lowest BCUT2D eigenvalue weighted by Gasteiger charge is -1.90. The van der Waals surface area contributed by atoms with Crippen molar-refractivity contribution in [2.24, 2.45) is 0 Å². The van der Waals surface area contributed by atoms with Crippen LogP contribution in [0.25, 0.3) is 0 Å². The zero-order valence-corrected chi connectivity index (χ0v) is 5.31. The van der Waals surface area contributed by atoms with E-state index in [1.807, 2.05) is 0 Å². The van der Waals surface area contributed by atoms with Gasteiger partial charge in [-0.15, -0.1) is 11.6 Å². The maximum absolute atomic E-state index is 10.3. The SMILES string of the molecule is C=C(C(=O)O)C(=O)CCl. The first-order valence-electron chi connectivity index (χ1n) is 2.11. The van der Waals surface area contributed by atoms with E-state index in [2.05, 4.69) is 6.58 Å². The minimum atomic E-state index is -1.32. The van der Waals surface area contributed by atoms with Crippen LogP contribution >= 0.6 is 11.6 Å². The van der Waals surface area contributed by atoms with Crippen molar-refractivity contribution in [1.82, 2.24) is 0 Å². The fourth-order valence-electron chi connectivity index (χ4n) is 0.200. The molecule has 50 valence electrons. The van der Waals surface area contributed by atoms with Gasteiger partial charge in [0.05, 0.1) is 11.5 Å². The lowest BCUT2D eigenvalue weighted by atomic mass is 10.2. The molecule has 0 aliphatic heterocycles. The fourth-order valence-corrected chi connectivity index (χ4v) is 0.361. The van der Waals surface area contributed by atoms with Gasteiger partial charge in [0.2, 0.25) is 0 Å². The molecule has 0 radical (unpaired) electrons. The molecule has 0 amide bonds. The molecule has 0 unspecified atom stereocenters. The number of Topliss-reactive ketones (excluding diaryl/α,β-unsaturated/α-hetero) is 1. The van der Waals surface area contributed by atoms with Gasteiger partial charge in [0.15, 0.2) is 5.78 Å². The van der Waals surface area contributed by atoms with Crippen LogP contribution in [0.2, 0.25) is 0 Å². The molecule has 0 atom stereocenters. The van der Waals surface area contributed by atoms with Gasteiger partial charge in [-0.05, 0) is 0 Å². The number of ketones is 1. The van der Waals surface area contributed by atoms with E-state index in [1.165, 1.54) is 0 Å². The Hall–Kier alpha value is -0.830. The molecule has 0 spiro atoms. The third kappa shape index (κ3) is 2.28. The van der Waals surface area contributed by atoms with E-state index >= 15 is 0 Å². The topological polar surface area (TPSA) is 54.4 Å². The van der Waals surface area contributed by atoms with E-state index in [0.29, 0.717) is 0 Å². The molecule has 0 saturated carbocycles. The van der Waals surface area contributed by atoms with Crippen molar-refractivity contribution in [2.45, 2.75) is 0 Å². The van der Waals surface area contributed by atoms with Crippen molar-refractivity contribution in [2.75, 3.05) is 5.88 Å². The monoisotopic (exact) mass is 148 g/mol. The van der Waals surface area contributed by atoms with Gasteiger partial charge in [-0.2, -0.15) is 0 Å². The number of hydrogen-bond acceptors (Lipinski definition) is 2. The summed E-state index contributed by atoms with van der Waals surface area (Å²) in [6.07, 6.45) is 0. The Labute approximate surface area is 56.9 Å². The van der Waals surface area contributed by atoms with Crippen LogP contribution in [-0.2, 0) is 9.59 Å². The van der Waals surface area contributed by atoms with Crippen molar-refractivity contribution in [3.8, 4) is 0 Å². The van der Waals surface area contributed by atoms with Crippen molar-refractivity contribution < 1.29 is 14.7 Å². The number of hydrogen-bond donors (Lipinski definition) is 1. The third-order valence-corrected chi connectivity index (χ3v) is 0.959. The summed E-state index contributed by atoms with van der Waals surface area (Å²) < 4.78 is 0. The van der Waals surface area contributed by atoms with E-state index < -0.39 is 17.3 Å². The summed E-state index contributed by atoms with van der Waals surface area (Å²) in [4.78, 5) is 20.3. The van der Waals surface area contributed by atoms with Crippen molar-refractivity contribution in [3.63, 3.8) is 0 Å². The first-order valence-corrected chi connectivity index (χ1v) is 2.64. The molecule has 0 aliphatic rings. The number of carboxylic acid groups (broad SMARTS) is 1. The smallest absolute Gasteiger partial charge is 0.338 e. The second-order valence-electron chi connectivity index (χ2n) is 1.34. The van der Waals surface area contributed by atoms with Gasteiger partial charge in [-0.1, -0.05) is 6.58 Å². The second-order valence-corrected chi connectivity index (χ2v) is 1.61. The van der Waals surface area contributed by atoms with Gasteiger partial charge >= 0.3 is 5.97 Å². The second kappa shape index (κ2) is 3.25. The molecular weight excluding hydrogens is 144 g/mol. The van der Waals surface area contributed by atoms with Crippen LogP contribution in [0.1, 0.15) is 0 Å². The van der Waals surface area contributed by atoms with Crippen LogP contribution in [0.15, 0.2) is 12.2 Å². The summed E-state index contributed by atoms with van der Waals surface area (Å²) in [5.74, 6) is -2.30. The normalized spacial score (nSPS) is 8.56. The van der Waals surface area contributed by atoms with Crippen molar-refractivity contribution >= 4 is 23.4 Å². The summed E-state index contributed by atoms with van der Waals surface area (Å²) in [5, 5.41) is 8.10. The molecule has 0 aromatic heterocycles. The minimum Gasteiger partial charge on any atom is -0.478 e. The Morgan fingerprint density at radius 2 is 2.00 bits per heavy atom. The predicted octanol–water partition coefficient (Wildman–Crippen LogP) is 0.435. The van der Waals surface area contributed by atoms with E-state index in [1.54, 1.807) is 0 Å². The van der Waals surface area contributed by atoms with E-state index in [0.717, 1.165) is 0 Å². The maximum atomic E-state index is 10.3. The van der Waals surface area contributed by atoms with E-state index in [-0.39, 0.29) is 5.88 Å². The average molecular weight is 149 g/mol. The highest BCUT2D eigenvalue weighted by molar-refractivity contribution is 6.34. The van der Waals surface area contributed by atoms with Crippen molar-refractivity contribution in [3.05, 3.63) is 12.2 Å². The van der Waals surface area contributed by atoms with Crippen LogP contribution in [0.3, 0.4) is 0 Å². The summed E-state index contributed by atoms with van der Waals surface area (Å²) in [6.45, 7) is 2.99. The molecule has 3 nitrogen and oxygen atoms in total. The maximum Gasteiger partial charge on any atom is 0.338 e. The number of carbonyl (C=O) groups excluding carboxylic acids is 1. The van der Waals surface area contributed by atoms with Crippen LogP contribution in [0.5, 0.6) is 0 Å². The average Bonchev–Trinajstić information content (AvgIpc) is 1.84. The number of carboxylic acids is 1. The molecule has 0 aromatic carbocycles. The molecule has 1 N–H and O–H groups in total. The fraction of sp³-hybridized carbons (Fsp3) is 0.200. The summed E-state index contributed by atoms with van der Waals surface area (Å²) in [6, 6.07) is 0. The zero-order valence-electron chi connectivity index (χ0n) is 4.56. The lowest BCUT2D eigenvalue weighted by molar-refractivity contribution is -0.134. The minimum absolute atomic E-state index is 0.328. The molecule has 0 saturated heterocycles. The Kier molecular flexibility index (Phi) is 2.95. The lowest BCUT2D eigenvalue weighted by Crippen LogP contribution is -2.11. The van der Waals surface area contributed by atoms with Gasteiger partial charge in [-0.3, -0.25) is 4.79 Å². The third-order valence-electron chi connectivity index (χ3n) is 0.716. The molecular formula is C5H5ClO3. The van der Waals surface area contributed by atoms with E-state index in [4.69, 9.17) is 16.7 Å². The molecule has 0 aliphatic carbocycles. The summed E-state index contributed by atoms with van der Waals surface area (Å²) in [7, 11) is 0. The Bertz CT molecular complexity index is 162. The summed E-state index contributed by atoms with van der Waals surface area (Å²) >= 11 is 5.02. The first kappa shape index (κ1) is 8.17. The molecule has 0 bridgehead atoms. The highest BCUT2D eigenvalue weighted by atomic mass is 35.5. The van der Waals surface area contributed by atoms with Gasteiger partial charge in [0.1, 0.15) is 0 Å². The number of rotatable bonds is 3. The first-order chi connectivity index (χ1) is 4.09. The summed E-state index contributed by atoms with van der Waals surface area (Å²) in [5.41, 5.74) is -0.468. The van der Waals surface area contributed by atoms with Crippen LogP contribution in [0, 0.1) is 0 Å². The van der Waals surface area contributed by atoms with Crippen molar-refractivity contribution in [1.29, 1.82) is 0 Å². The number of aliphatic carboxylic acids is 1. The van der Waals surface area contributed by atoms with Crippen LogP contribution in [0.4, 0.5) is 0 Å². The molecule has 9 heavy (non-hydrogen) atoms. The van der Waals surface area contributed by atoms with Gasteiger partial charge < -0.3 is 5.11 Å². The highest BCUT2D eigenvalue weighted by Crippen LogP contribution is 1.93. The standard InChI is InChI=1S/C5H5ClO3/c1-3(5(8)9)4(7)2-6/h1-2H2,(H,8,9). The Morgan fingerprint density at radius 3 is 2.11 bits per heavy atom. The number of alkyl halides is 1. The van der Waals surface area contributed by atoms with Crippen LogP contribution < -0.4 is 0 Å². The zero-order chi connectivity index (χ0) is 7.44. The molecule has 0 rings (SSSR count). The molecule has 0 aromatic rings. The van der Waals surface area contributed by atoms with Gasteiger partial charge in [-0.25, -0.2) is 4.79 Å². The van der Waals surface area contributed by atoms with Gasteiger partial charge in [0, 0.05) is 0 Å². The molecule has 0 heterocycles. The van der Waals surface area contributed by atoms with E-state index in [9.17, 15) is 9.59 Å². The Morgan fingerprint density at radius 1 is 1.56 bits per heavy atom. The van der Waals surface area contributed by atoms with Crippen LogP contribution in [-0.4, -0.2) is 22.7 Å². The highest BCUT2D eigenvalue weighted by Gasteiger charge is 2.11.